The highest BCUT2D eigenvalue weighted by Gasteiger charge is 2.16. The van der Waals surface area contributed by atoms with Crippen molar-refractivity contribution in [2.75, 3.05) is 0 Å². The lowest BCUT2D eigenvalue weighted by Gasteiger charge is -2.00. The molecule has 1 heterocycles. The van der Waals surface area contributed by atoms with Crippen LogP contribution < -0.4 is 0 Å². The van der Waals surface area contributed by atoms with Crippen LogP contribution in [0.5, 0.6) is 0 Å². The number of oxime groups is 1. The van der Waals surface area contributed by atoms with Gasteiger partial charge in [-0.1, -0.05) is 0 Å². The van der Waals surface area contributed by atoms with Gasteiger partial charge in [-0.05, 0) is 5.16 Å². The molecule has 0 radical (unpaired) electrons. The molecule has 0 aromatic heterocycles. The maximum atomic E-state index is 10.2. The van der Waals surface area contributed by atoms with Gasteiger partial charge in [0, 0.05) is 6.08 Å². The molecule has 0 saturated heterocycles. The molecule has 0 spiro atoms. The third-order valence-corrected chi connectivity index (χ3v) is 1.44. The average Bonchev–Trinajstić information content (AvgIpc) is 1.88. The van der Waals surface area contributed by atoms with Crippen LogP contribution in [0.15, 0.2) is 17.5 Å². The minimum atomic E-state index is -4.27. The molecule has 0 saturated carbocycles. The molecule has 1 aliphatic heterocycles. The zero-order valence-electron chi connectivity index (χ0n) is 4.59. The summed E-state index contributed by atoms with van der Waals surface area (Å²) in [7, 11) is -4.27. The lowest BCUT2D eigenvalue weighted by atomic mass is 10.7. The summed E-state index contributed by atoms with van der Waals surface area (Å²) in [5.74, 6) is 0. The summed E-state index contributed by atoms with van der Waals surface area (Å²) in [5.41, 5.74) is 0. The van der Waals surface area contributed by atoms with Crippen LogP contribution in [0.3, 0.4) is 0 Å². The molecule has 1 N–H and O–H groups in total. The average molecular weight is 165 g/mol. The van der Waals surface area contributed by atoms with Gasteiger partial charge in [0.2, 0.25) is 5.04 Å². The molecule has 0 amide bonds. The second-order valence-corrected chi connectivity index (χ2v) is 2.75. The summed E-state index contributed by atoms with van der Waals surface area (Å²) in [6, 6.07) is 0. The van der Waals surface area contributed by atoms with E-state index in [1.807, 2.05) is 0 Å². The Morgan fingerprint density at radius 2 is 2.30 bits per heavy atom. The smallest absolute Gasteiger partial charge is 0.281 e. The van der Waals surface area contributed by atoms with Crippen LogP contribution in [0.1, 0.15) is 0 Å². The molecule has 56 valence electrons. The predicted molar refractivity (Wildman–Crippen MR) is 30.3 cm³/mol. The van der Waals surface area contributed by atoms with Gasteiger partial charge in [0.25, 0.3) is 0 Å². The van der Waals surface area contributed by atoms with E-state index in [9.17, 15) is 8.42 Å². The summed E-state index contributed by atoms with van der Waals surface area (Å²) < 4.78 is 28.7. The fourth-order valence-electron chi connectivity index (χ4n) is 0.333. The topological polar surface area (TPSA) is 85.2 Å². The first-order valence-electron chi connectivity index (χ1n) is 2.15. The van der Waals surface area contributed by atoms with Crippen molar-refractivity contribution < 1.29 is 22.8 Å². The molecular formula is C3H3NO5S. The Morgan fingerprint density at radius 3 is 2.60 bits per heavy atom. The van der Waals surface area contributed by atoms with Gasteiger partial charge in [0.05, 0.1) is 0 Å². The molecule has 0 aromatic carbocycles. The second-order valence-electron chi connectivity index (χ2n) is 1.38. The fourth-order valence-corrected chi connectivity index (χ4v) is 0.685. The van der Waals surface area contributed by atoms with Crippen molar-refractivity contribution in [3.63, 3.8) is 0 Å². The number of hydrogen-bond acceptors (Lipinski definition) is 5. The van der Waals surface area contributed by atoms with Crippen molar-refractivity contribution in [2.45, 2.75) is 0 Å². The zero-order valence-corrected chi connectivity index (χ0v) is 5.41. The monoisotopic (exact) mass is 165 g/mol. The van der Waals surface area contributed by atoms with Crippen LogP contribution in [-0.2, 0) is 20.0 Å². The second kappa shape index (κ2) is 2.27. The predicted octanol–water partition coefficient (Wildman–Crippen LogP) is -0.337. The van der Waals surface area contributed by atoms with E-state index in [0.717, 1.165) is 12.3 Å². The first kappa shape index (κ1) is 7.03. The van der Waals surface area contributed by atoms with Gasteiger partial charge in [0.1, 0.15) is 6.26 Å². The van der Waals surface area contributed by atoms with Crippen molar-refractivity contribution >= 4 is 15.2 Å². The van der Waals surface area contributed by atoms with Gasteiger partial charge in [-0.15, -0.1) is 0 Å². The highest BCUT2D eigenvalue weighted by Crippen LogP contribution is 1.99. The van der Waals surface area contributed by atoms with Crippen molar-refractivity contribution in [3.8, 4) is 0 Å². The summed E-state index contributed by atoms with van der Waals surface area (Å²) >= 11 is 0. The van der Waals surface area contributed by atoms with E-state index >= 15 is 0 Å². The van der Waals surface area contributed by atoms with Crippen LogP contribution in [0.2, 0.25) is 0 Å². The summed E-state index contributed by atoms with van der Waals surface area (Å²) in [4.78, 5) is 7.92. The van der Waals surface area contributed by atoms with E-state index < -0.39 is 15.2 Å². The summed E-state index contributed by atoms with van der Waals surface area (Å²) in [6.07, 6.45) is 1.90. The first-order valence-corrected chi connectivity index (χ1v) is 3.59. The van der Waals surface area contributed by atoms with Gasteiger partial charge in [0.15, 0.2) is 0 Å². The van der Waals surface area contributed by atoms with Crippen molar-refractivity contribution in [1.29, 1.82) is 0 Å². The molecule has 0 fully saturated rings. The van der Waals surface area contributed by atoms with Crippen molar-refractivity contribution in [3.05, 3.63) is 12.3 Å². The van der Waals surface area contributed by atoms with E-state index in [-0.39, 0.29) is 0 Å². The Hall–Kier alpha value is -1.08. The third-order valence-electron chi connectivity index (χ3n) is 0.701. The van der Waals surface area contributed by atoms with Gasteiger partial charge < -0.3 is 0 Å². The molecule has 0 bridgehead atoms. The van der Waals surface area contributed by atoms with Gasteiger partial charge in [-0.2, -0.15) is 13.4 Å². The molecule has 1 rings (SSSR count). The van der Waals surface area contributed by atoms with Crippen LogP contribution in [0.4, 0.5) is 0 Å². The molecule has 0 atom stereocenters. The molecule has 7 heteroatoms. The van der Waals surface area contributed by atoms with Crippen LogP contribution in [0, 0.1) is 0 Å². The SMILES string of the molecule is O=S(=O)(O)C1=NOOC=C1. The minimum Gasteiger partial charge on any atom is -0.281 e. The molecule has 6 nitrogen and oxygen atoms in total. The Kier molecular flexibility index (Phi) is 1.60. The Morgan fingerprint density at radius 1 is 1.60 bits per heavy atom. The number of nitrogens with zero attached hydrogens (tertiary/aromatic N) is 1. The van der Waals surface area contributed by atoms with Gasteiger partial charge in [-0.3, -0.25) is 9.44 Å². The van der Waals surface area contributed by atoms with Gasteiger partial charge in [-0.25, -0.2) is 0 Å². The van der Waals surface area contributed by atoms with Crippen LogP contribution in [-0.4, -0.2) is 18.0 Å². The van der Waals surface area contributed by atoms with Crippen molar-refractivity contribution in [2.24, 2.45) is 5.16 Å². The highest BCUT2D eigenvalue weighted by molar-refractivity contribution is 8.02. The van der Waals surface area contributed by atoms with E-state index in [1.165, 1.54) is 0 Å². The highest BCUT2D eigenvalue weighted by atomic mass is 32.2. The number of rotatable bonds is 0. The molecule has 1 aliphatic rings. The normalized spacial score (nSPS) is 17.1. The molecular weight excluding hydrogens is 162 g/mol. The van der Waals surface area contributed by atoms with Crippen LogP contribution in [0.25, 0.3) is 0 Å². The minimum absolute atomic E-state index is 0.584. The van der Waals surface area contributed by atoms with E-state index in [1.54, 1.807) is 0 Å². The van der Waals surface area contributed by atoms with E-state index in [4.69, 9.17) is 4.55 Å². The summed E-state index contributed by atoms with van der Waals surface area (Å²) in [6.45, 7) is 0. The van der Waals surface area contributed by atoms with Crippen molar-refractivity contribution in [1.82, 2.24) is 0 Å². The Labute approximate surface area is 56.4 Å². The lowest BCUT2D eigenvalue weighted by molar-refractivity contribution is -0.251. The number of hydrogen-bond donors (Lipinski definition) is 1. The maximum Gasteiger partial charge on any atom is 0.315 e. The quantitative estimate of drug-likeness (QED) is 0.392. The van der Waals surface area contributed by atoms with Gasteiger partial charge >= 0.3 is 10.1 Å². The standard InChI is InChI=1S/C3H3NO5S/c5-10(6,7)3-1-2-8-9-4-3/h1-2H,(H,5,6,7). The fraction of sp³-hybridized carbons (Fsp3) is 0. The van der Waals surface area contributed by atoms with Crippen LogP contribution >= 0.6 is 0 Å². The molecule has 0 aromatic rings. The largest absolute Gasteiger partial charge is 0.315 e. The van der Waals surface area contributed by atoms with E-state index in [2.05, 4.69) is 15.0 Å². The molecule has 0 aliphatic carbocycles. The first-order chi connectivity index (χ1) is 4.61. The molecule has 10 heavy (non-hydrogen) atoms. The van der Waals surface area contributed by atoms with E-state index in [0.29, 0.717) is 0 Å². The maximum absolute atomic E-state index is 10.2. The Balaban J connectivity index is 2.94. The summed E-state index contributed by atoms with van der Waals surface area (Å²) in [5, 5.41) is 2.29. The third kappa shape index (κ3) is 1.45. The lowest BCUT2D eigenvalue weighted by Crippen LogP contribution is -2.13. The molecule has 0 unspecified atom stereocenters. The zero-order chi connectivity index (χ0) is 7.61. The Bertz CT molecular complexity index is 275.